The zero-order chi connectivity index (χ0) is 39.2. The smallest absolute Gasteiger partial charge is 0.0136 e. The van der Waals surface area contributed by atoms with E-state index in [4.69, 9.17) is 0 Å². The first-order valence-corrected chi connectivity index (χ1v) is 22.9. The summed E-state index contributed by atoms with van der Waals surface area (Å²) in [5.41, 5.74) is 25.4. The topological polar surface area (TPSA) is 0 Å². The molecule has 5 aromatic carbocycles. The van der Waals surface area contributed by atoms with Crippen LogP contribution >= 0.6 is 0 Å². The third kappa shape index (κ3) is 5.69. The van der Waals surface area contributed by atoms with Crippen molar-refractivity contribution in [1.82, 2.24) is 0 Å². The van der Waals surface area contributed by atoms with Gasteiger partial charge < -0.3 is 0 Å². The van der Waals surface area contributed by atoms with Gasteiger partial charge in [-0.2, -0.15) is 0 Å². The zero-order valence-electron chi connectivity index (χ0n) is 34.9. The summed E-state index contributed by atoms with van der Waals surface area (Å²) in [6.45, 7) is 4.72. The SMILES string of the molecule is CC1=CC2=C(CC1CC1=CCC(c3cc4cccc(-c5cc6ccccc6c6c(C)cccc56)c4c4c3C=CCC4)C3=C1CCC1=C3CCC=C1)C1=C(C=CCC1)CC2. The standard InChI is InChI=1S/C59H54/c1-36-13-11-23-51-56(33-40-16-5-8-20-47(40)57(36)51)52-24-12-17-43-34-55(49-21-9-10-22-50(49)58(43)52)53-30-28-42(48-29-27-39-15-4-7-19-46(39)59(48)53)32-44-35-54-41(31-37(44)2)26-25-38-14-3-6-18-45(38)54/h3-5,8-9,11-17,20-21,23-24,28,31,33-34,44,53H,6-7,10,18-19,22,25-27,29-30,32,35H2,1-2H3. The highest BCUT2D eigenvalue weighted by molar-refractivity contribution is 6.17. The second-order valence-corrected chi connectivity index (χ2v) is 18.6. The molecule has 12 rings (SSSR count). The third-order valence-corrected chi connectivity index (χ3v) is 15.5. The van der Waals surface area contributed by atoms with E-state index in [9.17, 15) is 0 Å². The highest BCUT2D eigenvalue weighted by Gasteiger charge is 2.36. The summed E-state index contributed by atoms with van der Waals surface area (Å²) in [7, 11) is 0. The minimum Gasteiger partial charge on any atom is -0.0839 e. The summed E-state index contributed by atoms with van der Waals surface area (Å²) in [4.78, 5) is 0. The highest BCUT2D eigenvalue weighted by atomic mass is 14.4. The van der Waals surface area contributed by atoms with E-state index < -0.39 is 0 Å². The number of benzene rings is 5. The van der Waals surface area contributed by atoms with Crippen LogP contribution in [-0.4, -0.2) is 0 Å². The van der Waals surface area contributed by atoms with E-state index in [2.05, 4.69) is 135 Å². The Labute approximate surface area is 350 Å². The maximum absolute atomic E-state index is 2.73. The summed E-state index contributed by atoms with van der Waals surface area (Å²) in [5.74, 6) is 0.978. The van der Waals surface area contributed by atoms with E-state index in [1.165, 1.54) is 112 Å². The molecule has 0 heterocycles. The van der Waals surface area contributed by atoms with E-state index in [1.54, 1.807) is 66.9 Å². The average molecular weight is 763 g/mol. The maximum Gasteiger partial charge on any atom is 0.0136 e. The van der Waals surface area contributed by atoms with E-state index >= 15 is 0 Å². The lowest BCUT2D eigenvalue weighted by molar-refractivity contribution is 0.569. The van der Waals surface area contributed by atoms with Gasteiger partial charge in [-0.1, -0.05) is 115 Å². The Balaban J connectivity index is 0.987. The van der Waals surface area contributed by atoms with Gasteiger partial charge in [-0.25, -0.2) is 0 Å². The number of rotatable bonds is 4. The van der Waals surface area contributed by atoms with Crippen molar-refractivity contribution in [3.63, 3.8) is 0 Å². The van der Waals surface area contributed by atoms with E-state index in [0.717, 1.165) is 25.7 Å². The van der Waals surface area contributed by atoms with Crippen molar-refractivity contribution >= 4 is 38.4 Å². The number of allylic oxidation sites excluding steroid dienone is 17. The molecule has 0 radical (unpaired) electrons. The van der Waals surface area contributed by atoms with Gasteiger partial charge in [0.15, 0.2) is 0 Å². The lowest BCUT2D eigenvalue weighted by atomic mass is 9.65. The molecule has 7 aliphatic carbocycles. The van der Waals surface area contributed by atoms with Crippen LogP contribution in [0.2, 0.25) is 0 Å². The van der Waals surface area contributed by atoms with Crippen LogP contribution in [0, 0.1) is 12.8 Å². The van der Waals surface area contributed by atoms with Crippen LogP contribution in [0.4, 0.5) is 0 Å². The van der Waals surface area contributed by atoms with E-state index in [0.29, 0.717) is 11.8 Å². The van der Waals surface area contributed by atoms with Crippen LogP contribution in [0.1, 0.15) is 112 Å². The molecule has 0 heteroatoms. The van der Waals surface area contributed by atoms with Crippen LogP contribution in [0.25, 0.3) is 49.5 Å². The molecular formula is C59H54. The van der Waals surface area contributed by atoms with Gasteiger partial charge in [0.05, 0.1) is 0 Å². The number of aryl methyl sites for hydroxylation is 2. The van der Waals surface area contributed by atoms with Crippen LogP contribution < -0.4 is 0 Å². The van der Waals surface area contributed by atoms with Crippen molar-refractivity contribution in [3.8, 4) is 11.1 Å². The Morgan fingerprint density at radius 2 is 1.32 bits per heavy atom. The molecule has 0 aliphatic heterocycles. The van der Waals surface area contributed by atoms with Gasteiger partial charge in [-0.3, -0.25) is 0 Å². The fourth-order valence-corrected chi connectivity index (χ4v) is 12.7. The first kappa shape index (κ1) is 35.5. The van der Waals surface area contributed by atoms with Gasteiger partial charge >= 0.3 is 0 Å². The Kier molecular flexibility index (Phi) is 8.47. The molecule has 5 aromatic rings. The summed E-state index contributed by atoms with van der Waals surface area (Å²) >= 11 is 0. The van der Waals surface area contributed by atoms with Crippen LogP contribution in [0.15, 0.2) is 171 Å². The molecule has 0 amide bonds. The molecule has 0 fully saturated rings. The molecule has 0 spiro atoms. The Morgan fingerprint density at radius 3 is 2.24 bits per heavy atom. The number of fused-ring (bicyclic) bond motifs is 8. The molecule has 0 aromatic heterocycles. The lowest BCUT2D eigenvalue weighted by Crippen LogP contribution is -2.22. The summed E-state index contributed by atoms with van der Waals surface area (Å²) in [5, 5.41) is 8.28. The molecule has 0 nitrogen and oxygen atoms in total. The van der Waals surface area contributed by atoms with Crippen LogP contribution in [-0.2, 0) is 6.42 Å². The first-order chi connectivity index (χ1) is 29.1. The first-order valence-electron chi connectivity index (χ1n) is 22.9. The van der Waals surface area contributed by atoms with Crippen LogP contribution in [0.5, 0.6) is 0 Å². The highest BCUT2D eigenvalue weighted by Crippen LogP contribution is 2.54. The minimum absolute atomic E-state index is 0.386. The predicted octanol–water partition coefficient (Wildman–Crippen LogP) is 16.3. The van der Waals surface area contributed by atoms with Crippen molar-refractivity contribution in [3.05, 3.63) is 193 Å². The number of hydrogen-bond donors (Lipinski definition) is 0. The molecule has 0 saturated carbocycles. The largest absolute Gasteiger partial charge is 0.0839 e. The zero-order valence-corrected chi connectivity index (χ0v) is 34.9. The van der Waals surface area contributed by atoms with Gasteiger partial charge in [0.2, 0.25) is 0 Å². The Morgan fingerprint density at radius 1 is 0.576 bits per heavy atom. The van der Waals surface area contributed by atoms with Crippen molar-refractivity contribution in [1.29, 1.82) is 0 Å². The second kappa shape index (κ2) is 14.1. The van der Waals surface area contributed by atoms with Gasteiger partial charge in [0.1, 0.15) is 0 Å². The second-order valence-electron chi connectivity index (χ2n) is 18.6. The monoisotopic (exact) mass is 762 g/mol. The molecule has 0 N–H and O–H groups in total. The van der Waals surface area contributed by atoms with Crippen molar-refractivity contribution < 1.29 is 0 Å². The average Bonchev–Trinajstić information content (AvgIpc) is 3.28. The molecule has 2 atom stereocenters. The molecule has 0 saturated heterocycles. The fraction of sp³-hybridized carbons (Fsp3) is 0.288. The predicted molar refractivity (Wildman–Crippen MR) is 252 cm³/mol. The molecule has 2 unspecified atom stereocenters. The number of hydrogen-bond acceptors (Lipinski definition) is 0. The lowest BCUT2D eigenvalue weighted by Gasteiger charge is -2.39. The molecule has 290 valence electrons. The van der Waals surface area contributed by atoms with Crippen molar-refractivity contribution in [2.24, 2.45) is 5.92 Å². The van der Waals surface area contributed by atoms with Gasteiger partial charge in [0, 0.05) is 5.92 Å². The van der Waals surface area contributed by atoms with Gasteiger partial charge in [0.25, 0.3) is 0 Å². The summed E-state index contributed by atoms with van der Waals surface area (Å²) in [6.07, 6.45) is 35.4. The molecular weight excluding hydrogens is 709 g/mol. The quantitative estimate of drug-likeness (QED) is 0.160. The van der Waals surface area contributed by atoms with Crippen molar-refractivity contribution in [2.45, 2.75) is 103 Å². The normalized spacial score (nSPS) is 22.4. The van der Waals surface area contributed by atoms with Crippen molar-refractivity contribution in [2.75, 3.05) is 0 Å². The third-order valence-electron chi connectivity index (χ3n) is 15.5. The van der Waals surface area contributed by atoms with Gasteiger partial charge in [-0.05, 0) is 231 Å². The summed E-state index contributed by atoms with van der Waals surface area (Å²) in [6, 6.07) is 28.1. The van der Waals surface area contributed by atoms with Gasteiger partial charge in [-0.15, -0.1) is 0 Å². The Hall–Kier alpha value is -5.46. The van der Waals surface area contributed by atoms with E-state index in [1.807, 2.05) is 0 Å². The molecule has 7 aliphatic rings. The summed E-state index contributed by atoms with van der Waals surface area (Å²) < 4.78 is 0. The Bertz CT molecular complexity index is 2970. The maximum atomic E-state index is 2.73. The fourth-order valence-electron chi connectivity index (χ4n) is 12.7. The molecule has 59 heavy (non-hydrogen) atoms. The van der Waals surface area contributed by atoms with Crippen LogP contribution in [0.3, 0.4) is 0 Å². The molecule has 0 bridgehead atoms. The van der Waals surface area contributed by atoms with E-state index in [-0.39, 0.29) is 0 Å². The minimum atomic E-state index is 0.386.